The molecule has 21 heavy (non-hydrogen) atoms. The van der Waals surface area contributed by atoms with Crippen molar-refractivity contribution in [3.8, 4) is 0 Å². The fourth-order valence-corrected chi connectivity index (χ4v) is 3.55. The minimum atomic E-state index is -0.791. The summed E-state index contributed by atoms with van der Waals surface area (Å²) in [6, 6.07) is 5.53. The molecule has 1 aliphatic rings. The number of thiazole rings is 1. The number of nitrogens with zero attached hydrogens (tertiary/aromatic N) is 2. The largest absolute Gasteiger partial charge is 0.481 e. The lowest BCUT2D eigenvalue weighted by Crippen LogP contribution is -2.40. The molecule has 2 heterocycles. The second-order valence-corrected chi connectivity index (χ2v) is 6.28. The van der Waals surface area contributed by atoms with Gasteiger partial charge in [0.15, 0.2) is 0 Å². The predicted octanol–water partition coefficient (Wildman–Crippen LogP) is 2.62. The molecule has 5 nitrogen and oxygen atoms in total. The van der Waals surface area contributed by atoms with Crippen LogP contribution in [-0.2, 0) is 4.79 Å². The van der Waals surface area contributed by atoms with Crippen LogP contribution in [-0.4, -0.2) is 40.0 Å². The Bertz CT molecular complexity index is 682. The molecular weight excluding hydrogens is 288 g/mol. The number of aliphatic carboxylic acids is 1. The Morgan fingerprint density at radius 2 is 2.29 bits per heavy atom. The fourth-order valence-electron chi connectivity index (χ4n) is 2.83. The van der Waals surface area contributed by atoms with Gasteiger partial charge in [0.2, 0.25) is 0 Å². The highest BCUT2D eigenvalue weighted by Crippen LogP contribution is 2.24. The minimum Gasteiger partial charge on any atom is -0.481 e. The lowest BCUT2D eigenvalue weighted by Gasteiger charge is -2.32. The van der Waals surface area contributed by atoms with Crippen LogP contribution < -0.4 is 0 Å². The van der Waals surface area contributed by atoms with Crippen LogP contribution in [0.2, 0.25) is 0 Å². The van der Waals surface area contributed by atoms with Gasteiger partial charge in [-0.2, -0.15) is 0 Å². The molecule has 0 spiro atoms. The van der Waals surface area contributed by atoms with Crippen LogP contribution in [0.3, 0.4) is 0 Å². The molecule has 6 heteroatoms. The average Bonchev–Trinajstić information content (AvgIpc) is 2.93. The van der Waals surface area contributed by atoms with Gasteiger partial charge in [0.1, 0.15) is 0 Å². The van der Waals surface area contributed by atoms with E-state index in [2.05, 4.69) is 4.98 Å². The van der Waals surface area contributed by atoms with Crippen LogP contribution in [0.25, 0.3) is 10.2 Å². The molecule has 0 radical (unpaired) electrons. The van der Waals surface area contributed by atoms with Gasteiger partial charge in [-0.15, -0.1) is 11.3 Å². The minimum absolute atomic E-state index is 0.0135. The number of likely N-dealkylation sites (tertiary alicyclic amines) is 1. The summed E-state index contributed by atoms with van der Waals surface area (Å²) in [5, 5.41) is 8.89. The van der Waals surface area contributed by atoms with E-state index in [4.69, 9.17) is 5.11 Å². The number of aromatic nitrogens is 1. The van der Waals surface area contributed by atoms with Gasteiger partial charge in [0.25, 0.3) is 5.91 Å². The third-order valence-corrected chi connectivity index (χ3v) is 4.64. The topological polar surface area (TPSA) is 70.5 Å². The third-order valence-electron chi connectivity index (χ3n) is 3.85. The zero-order chi connectivity index (χ0) is 14.8. The van der Waals surface area contributed by atoms with Gasteiger partial charge >= 0.3 is 5.97 Å². The summed E-state index contributed by atoms with van der Waals surface area (Å²) in [7, 11) is 0. The van der Waals surface area contributed by atoms with Crippen molar-refractivity contribution in [2.45, 2.75) is 19.3 Å². The first kappa shape index (κ1) is 14.0. The van der Waals surface area contributed by atoms with Crippen LogP contribution in [0.15, 0.2) is 23.7 Å². The van der Waals surface area contributed by atoms with Gasteiger partial charge in [-0.1, -0.05) is 0 Å². The van der Waals surface area contributed by atoms with Crippen molar-refractivity contribution in [1.29, 1.82) is 0 Å². The van der Waals surface area contributed by atoms with E-state index in [-0.39, 0.29) is 18.2 Å². The van der Waals surface area contributed by atoms with Gasteiger partial charge in [0.05, 0.1) is 15.7 Å². The van der Waals surface area contributed by atoms with Gasteiger partial charge < -0.3 is 10.0 Å². The lowest BCUT2D eigenvalue weighted by atomic mass is 9.94. The molecule has 3 rings (SSSR count). The number of hydrogen-bond donors (Lipinski definition) is 1. The molecule has 2 aromatic rings. The highest BCUT2D eigenvalue weighted by molar-refractivity contribution is 7.16. The standard InChI is InChI=1S/C15H16N2O3S/c18-14(19)6-10-2-1-5-17(8-10)15(20)11-3-4-12-13(7-11)21-9-16-12/h3-4,7,9-10H,1-2,5-6,8H2,(H,18,19). The Morgan fingerprint density at radius 1 is 1.43 bits per heavy atom. The van der Waals surface area contributed by atoms with E-state index >= 15 is 0 Å². The Hall–Kier alpha value is -1.95. The molecule has 1 unspecified atom stereocenters. The monoisotopic (exact) mass is 304 g/mol. The fraction of sp³-hybridized carbons (Fsp3) is 0.400. The Morgan fingerprint density at radius 3 is 3.10 bits per heavy atom. The van der Waals surface area contributed by atoms with E-state index in [0.29, 0.717) is 18.7 Å². The van der Waals surface area contributed by atoms with Gasteiger partial charge in [0, 0.05) is 25.1 Å². The van der Waals surface area contributed by atoms with Crippen molar-refractivity contribution in [1.82, 2.24) is 9.88 Å². The van der Waals surface area contributed by atoms with Crippen molar-refractivity contribution in [3.05, 3.63) is 29.3 Å². The third kappa shape index (κ3) is 3.05. The first-order valence-electron chi connectivity index (χ1n) is 6.98. The van der Waals surface area contributed by atoms with E-state index in [0.717, 1.165) is 23.1 Å². The first-order chi connectivity index (χ1) is 10.1. The van der Waals surface area contributed by atoms with Gasteiger partial charge in [-0.3, -0.25) is 9.59 Å². The lowest BCUT2D eigenvalue weighted by molar-refractivity contribution is -0.138. The van der Waals surface area contributed by atoms with E-state index in [9.17, 15) is 9.59 Å². The summed E-state index contributed by atoms with van der Waals surface area (Å²) in [4.78, 5) is 29.4. The summed E-state index contributed by atoms with van der Waals surface area (Å²) < 4.78 is 1.000. The summed E-state index contributed by atoms with van der Waals surface area (Å²) in [5.41, 5.74) is 3.32. The van der Waals surface area contributed by atoms with Crippen LogP contribution in [0, 0.1) is 5.92 Å². The molecule has 1 amide bonds. The Balaban J connectivity index is 1.75. The second-order valence-electron chi connectivity index (χ2n) is 5.39. The summed E-state index contributed by atoms with van der Waals surface area (Å²) >= 11 is 1.51. The maximum Gasteiger partial charge on any atom is 0.303 e. The van der Waals surface area contributed by atoms with Crippen molar-refractivity contribution in [3.63, 3.8) is 0 Å². The maximum atomic E-state index is 12.6. The van der Waals surface area contributed by atoms with Crippen LogP contribution in [0.4, 0.5) is 0 Å². The quantitative estimate of drug-likeness (QED) is 0.946. The molecule has 1 N–H and O–H groups in total. The molecule has 1 atom stereocenters. The summed E-state index contributed by atoms with van der Waals surface area (Å²) in [5.74, 6) is -0.742. The molecule has 0 saturated carbocycles. The number of amides is 1. The normalized spacial score (nSPS) is 18.9. The smallest absolute Gasteiger partial charge is 0.303 e. The van der Waals surface area contributed by atoms with Gasteiger partial charge in [-0.25, -0.2) is 4.98 Å². The molecule has 0 aliphatic carbocycles. The molecule has 1 aliphatic heterocycles. The molecule has 1 aromatic carbocycles. The van der Waals surface area contributed by atoms with E-state index in [1.165, 1.54) is 11.3 Å². The van der Waals surface area contributed by atoms with E-state index in [1.807, 2.05) is 12.1 Å². The van der Waals surface area contributed by atoms with E-state index in [1.54, 1.807) is 16.5 Å². The number of fused-ring (bicyclic) bond motifs is 1. The Labute approximate surface area is 126 Å². The maximum absolute atomic E-state index is 12.6. The average molecular weight is 304 g/mol. The Kier molecular flexibility index (Phi) is 3.88. The van der Waals surface area contributed by atoms with Crippen molar-refractivity contribution in [2.24, 2.45) is 5.92 Å². The van der Waals surface area contributed by atoms with Crippen LogP contribution >= 0.6 is 11.3 Å². The molecular formula is C15H16N2O3S. The van der Waals surface area contributed by atoms with Crippen LogP contribution in [0.1, 0.15) is 29.6 Å². The molecule has 0 bridgehead atoms. The summed E-state index contributed by atoms with van der Waals surface area (Å²) in [6.45, 7) is 1.24. The number of carboxylic acids is 1. The van der Waals surface area contributed by atoms with Crippen molar-refractivity contribution < 1.29 is 14.7 Å². The zero-order valence-electron chi connectivity index (χ0n) is 11.5. The number of rotatable bonds is 3. The highest BCUT2D eigenvalue weighted by Gasteiger charge is 2.26. The SMILES string of the molecule is O=C(O)CC1CCCN(C(=O)c2ccc3ncsc3c2)C1. The van der Waals surface area contributed by atoms with E-state index < -0.39 is 5.97 Å². The number of piperidine rings is 1. The van der Waals surface area contributed by atoms with Crippen LogP contribution in [0.5, 0.6) is 0 Å². The van der Waals surface area contributed by atoms with Gasteiger partial charge in [-0.05, 0) is 37.0 Å². The number of hydrogen-bond acceptors (Lipinski definition) is 4. The molecule has 1 fully saturated rings. The predicted molar refractivity (Wildman–Crippen MR) is 80.5 cm³/mol. The number of carbonyl (C=O) groups is 2. The number of carboxylic acid groups (broad SMARTS) is 1. The van der Waals surface area contributed by atoms with Crippen molar-refractivity contribution in [2.75, 3.05) is 13.1 Å². The number of carbonyl (C=O) groups excluding carboxylic acids is 1. The first-order valence-corrected chi connectivity index (χ1v) is 7.86. The van der Waals surface area contributed by atoms with Crippen molar-refractivity contribution >= 4 is 33.4 Å². The summed E-state index contributed by atoms with van der Waals surface area (Å²) in [6.07, 6.45) is 1.88. The molecule has 110 valence electrons. The number of benzene rings is 1. The molecule has 1 saturated heterocycles. The molecule has 1 aromatic heterocycles. The zero-order valence-corrected chi connectivity index (χ0v) is 12.3. The second kappa shape index (κ2) is 5.81. The highest BCUT2D eigenvalue weighted by atomic mass is 32.1.